The zero-order valence-corrected chi connectivity index (χ0v) is 16.9. The van der Waals surface area contributed by atoms with E-state index in [1.54, 1.807) is 6.26 Å². The molecule has 0 radical (unpaired) electrons. The lowest BCUT2D eigenvalue weighted by Gasteiger charge is -2.14. The van der Waals surface area contributed by atoms with Crippen molar-refractivity contribution in [3.8, 4) is 0 Å². The molecule has 0 bridgehead atoms. The Bertz CT molecular complexity index is 910. The normalized spacial score (nSPS) is 11.8. The standard InChI is InChI=1S/C18H16F2N2O5S2/c1-10(16(23)21-12-4-6-13(7-5-12)29-18(19)20)27-17(24)11-3-8-15(28-2)14(9-11)22(25)26/h3-10,18H,1-2H3,(H,21,23). The van der Waals surface area contributed by atoms with Gasteiger partial charge in [0.1, 0.15) is 0 Å². The molecule has 0 aliphatic rings. The van der Waals surface area contributed by atoms with Crippen LogP contribution >= 0.6 is 23.5 Å². The van der Waals surface area contributed by atoms with E-state index in [1.807, 2.05) is 0 Å². The van der Waals surface area contributed by atoms with Crippen molar-refractivity contribution < 1.29 is 28.0 Å². The van der Waals surface area contributed by atoms with Gasteiger partial charge in [-0.15, -0.1) is 11.8 Å². The number of anilines is 1. The van der Waals surface area contributed by atoms with Gasteiger partial charge in [-0.05, 0) is 49.6 Å². The van der Waals surface area contributed by atoms with Crippen LogP contribution in [0.3, 0.4) is 0 Å². The predicted molar refractivity (Wildman–Crippen MR) is 107 cm³/mol. The molecular weight excluding hydrogens is 426 g/mol. The van der Waals surface area contributed by atoms with E-state index in [0.29, 0.717) is 27.2 Å². The van der Waals surface area contributed by atoms with Crippen molar-refractivity contribution in [3.05, 3.63) is 58.1 Å². The number of nitro benzene ring substituents is 1. The molecule has 0 heterocycles. The summed E-state index contributed by atoms with van der Waals surface area (Å²) in [7, 11) is 0. The molecule has 1 amide bonds. The lowest BCUT2D eigenvalue weighted by Crippen LogP contribution is -2.30. The zero-order valence-electron chi connectivity index (χ0n) is 15.3. The summed E-state index contributed by atoms with van der Waals surface area (Å²) >= 11 is 1.55. The van der Waals surface area contributed by atoms with Crippen LogP contribution in [0.2, 0.25) is 0 Å². The van der Waals surface area contributed by atoms with Gasteiger partial charge in [0.15, 0.2) is 6.10 Å². The molecule has 1 unspecified atom stereocenters. The van der Waals surface area contributed by atoms with Crippen molar-refractivity contribution in [2.75, 3.05) is 11.6 Å². The van der Waals surface area contributed by atoms with Crippen LogP contribution in [0.5, 0.6) is 0 Å². The van der Waals surface area contributed by atoms with Gasteiger partial charge in [-0.2, -0.15) is 8.78 Å². The maximum absolute atomic E-state index is 12.3. The third kappa shape index (κ3) is 6.43. The molecular formula is C18H16F2N2O5S2. The summed E-state index contributed by atoms with van der Waals surface area (Å²) in [5.41, 5.74) is 0.0600. The van der Waals surface area contributed by atoms with E-state index in [1.165, 1.54) is 55.1 Å². The molecule has 7 nitrogen and oxygen atoms in total. The highest BCUT2D eigenvalue weighted by Gasteiger charge is 2.22. The van der Waals surface area contributed by atoms with Gasteiger partial charge >= 0.3 is 5.97 Å². The fraction of sp³-hybridized carbons (Fsp3) is 0.222. The van der Waals surface area contributed by atoms with Crippen molar-refractivity contribution in [3.63, 3.8) is 0 Å². The number of alkyl halides is 2. The molecule has 2 aromatic carbocycles. The molecule has 2 aromatic rings. The largest absolute Gasteiger partial charge is 0.449 e. The fourth-order valence-corrected chi connectivity index (χ4v) is 3.25. The number of hydrogen-bond donors (Lipinski definition) is 1. The molecule has 0 saturated heterocycles. The Balaban J connectivity index is 2.01. The minimum absolute atomic E-state index is 0.0532. The van der Waals surface area contributed by atoms with Gasteiger partial charge in [0, 0.05) is 16.6 Å². The first kappa shape index (κ1) is 22.6. The Morgan fingerprint density at radius 2 is 1.83 bits per heavy atom. The topological polar surface area (TPSA) is 98.5 Å². The number of benzene rings is 2. The quantitative estimate of drug-likeness (QED) is 0.271. The van der Waals surface area contributed by atoms with Gasteiger partial charge in [-0.1, -0.05) is 11.8 Å². The predicted octanol–water partition coefficient (Wildman–Crippen LogP) is 4.82. The van der Waals surface area contributed by atoms with Gasteiger partial charge in [0.2, 0.25) is 0 Å². The summed E-state index contributed by atoms with van der Waals surface area (Å²) < 4.78 is 29.7. The van der Waals surface area contributed by atoms with Gasteiger partial charge in [-0.3, -0.25) is 14.9 Å². The summed E-state index contributed by atoms with van der Waals surface area (Å²) in [5, 5.41) is 13.6. The average Bonchev–Trinajstić information content (AvgIpc) is 2.68. The summed E-state index contributed by atoms with van der Waals surface area (Å²) in [6.45, 7) is 1.35. The number of halogens is 2. The Morgan fingerprint density at radius 3 is 2.38 bits per heavy atom. The molecule has 11 heteroatoms. The Kier molecular flexibility index (Phi) is 7.97. The Labute approximate surface area is 173 Å². The van der Waals surface area contributed by atoms with E-state index in [4.69, 9.17) is 4.74 Å². The molecule has 1 atom stereocenters. The Morgan fingerprint density at radius 1 is 1.17 bits per heavy atom. The van der Waals surface area contributed by atoms with Crippen molar-refractivity contribution in [2.24, 2.45) is 0 Å². The molecule has 2 rings (SSSR count). The number of ether oxygens (including phenoxy) is 1. The van der Waals surface area contributed by atoms with Crippen LogP contribution in [-0.4, -0.2) is 34.9 Å². The number of rotatable bonds is 8. The summed E-state index contributed by atoms with van der Waals surface area (Å²) in [6, 6.07) is 9.65. The van der Waals surface area contributed by atoms with E-state index < -0.39 is 28.7 Å². The van der Waals surface area contributed by atoms with Crippen LogP contribution in [0.25, 0.3) is 0 Å². The van der Waals surface area contributed by atoms with Crippen molar-refractivity contribution in [2.45, 2.75) is 28.6 Å². The second kappa shape index (κ2) is 10.2. The number of amides is 1. The molecule has 0 aliphatic carbocycles. The molecule has 0 saturated carbocycles. The number of hydrogen-bond acceptors (Lipinski definition) is 7. The number of nitrogens with one attached hydrogen (secondary N) is 1. The number of nitrogens with zero attached hydrogens (tertiary/aromatic N) is 1. The highest BCUT2D eigenvalue weighted by atomic mass is 32.2. The third-order valence-electron chi connectivity index (χ3n) is 3.61. The molecule has 29 heavy (non-hydrogen) atoms. The number of nitro groups is 1. The van der Waals surface area contributed by atoms with Crippen LogP contribution in [-0.2, 0) is 9.53 Å². The molecule has 0 spiro atoms. The van der Waals surface area contributed by atoms with Crippen LogP contribution in [0.15, 0.2) is 52.3 Å². The second-order valence-corrected chi connectivity index (χ2v) is 7.49. The lowest BCUT2D eigenvalue weighted by atomic mass is 10.2. The van der Waals surface area contributed by atoms with Crippen molar-refractivity contribution in [1.29, 1.82) is 0 Å². The Hall–Kier alpha value is -2.66. The van der Waals surface area contributed by atoms with E-state index >= 15 is 0 Å². The summed E-state index contributed by atoms with van der Waals surface area (Å²) in [4.78, 5) is 35.7. The average molecular weight is 442 g/mol. The highest BCUT2D eigenvalue weighted by Crippen LogP contribution is 2.29. The van der Waals surface area contributed by atoms with Crippen LogP contribution < -0.4 is 5.32 Å². The minimum Gasteiger partial charge on any atom is -0.449 e. The number of carbonyl (C=O) groups is 2. The molecule has 0 aromatic heterocycles. The molecule has 1 N–H and O–H groups in total. The van der Waals surface area contributed by atoms with Crippen molar-refractivity contribution in [1.82, 2.24) is 0 Å². The van der Waals surface area contributed by atoms with Crippen LogP contribution in [0.4, 0.5) is 20.2 Å². The smallest absolute Gasteiger partial charge is 0.339 e. The first-order valence-electron chi connectivity index (χ1n) is 8.10. The van der Waals surface area contributed by atoms with E-state index in [0.717, 1.165) is 6.07 Å². The van der Waals surface area contributed by atoms with Crippen molar-refractivity contribution >= 4 is 46.8 Å². The van der Waals surface area contributed by atoms with Crippen LogP contribution in [0.1, 0.15) is 17.3 Å². The molecule has 0 fully saturated rings. The SMILES string of the molecule is CSc1ccc(C(=O)OC(C)C(=O)Nc2ccc(SC(F)F)cc2)cc1[N+](=O)[O-]. The maximum Gasteiger partial charge on any atom is 0.339 e. The first-order chi connectivity index (χ1) is 13.7. The van der Waals surface area contributed by atoms with E-state index in [2.05, 4.69) is 5.32 Å². The lowest BCUT2D eigenvalue weighted by molar-refractivity contribution is -0.387. The highest BCUT2D eigenvalue weighted by molar-refractivity contribution is 7.99. The maximum atomic E-state index is 12.3. The summed E-state index contributed by atoms with van der Waals surface area (Å²) in [6.07, 6.45) is 0.489. The van der Waals surface area contributed by atoms with E-state index in [9.17, 15) is 28.5 Å². The third-order valence-corrected chi connectivity index (χ3v) is 5.12. The van der Waals surface area contributed by atoms with Gasteiger partial charge in [0.05, 0.1) is 15.4 Å². The second-order valence-electron chi connectivity index (χ2n) is 5.58. The zero-order chi connectivity index (χ0) is 21.6. The monoisotopic (exact) mass is 442 g/mol. The number of carbonyl (C=O) groups excluding carboxylic acids is 2. The summed E-state index contributed by atoms with van der Waals surface area (Å²) in [5.74, 6) is -4.06. The van der Waals surface area contributed by atoms with Gasteiger partial charge < -0.3 is 10.1 Å². The van der Waals surface area contributed by atoms with Gasteiger partial charge in [-0.25, -0.2) is 4.79 Å². The fourth-order valence-electron chi connectivity index (χ4n) is 2.21. The minimum atomic E-state index is -2.55. The van der Waals surface area contributed by atoms with Gasteiger partial charge in [0.25, 0.3) is 17.4 Å². The number of thioether (sulfide) groups is 2. The first-order valence-corrected chi connectivity index (χ1v) is 10.2. The van der Waals surface area contributed by atoms with Crippen LogP contribution in [0, 0.1) is 10.1 Å². The van der Waals surface area contributed by atoms with E-state index in [-0.39, 0.29) is 11.3 Å². The molecule has 154 valence electrons. The number of esters is 1. The molecule has 0 aliphatic heterocycles.